The molecule has 2 bridgehead atoms. The van der Waals surface area contributed by atoms with Crippen LogP contribution in [0.3, 0.4) is 0 Å². The highest BCUT2D eigenvalue weighted by Gasteiger charge is 2.63. The fourth-order valence-electron chi connectivity index (χ4n) is 3.65. The first-order chi connectivity index (χ1) is 5.62. The van der Waals surface area contributed by atoms with E-state index in [9.17, 15) is 5.11 Å². The van der Waals surface area contributed by atoms with E-state index in [1.54, 1.807) is 0 Å². The molecule has 70 valence electrons. The number of thiol groups is 1. The zero-order valence-corrected chi connectivity index (χ0v) is 8.72. The minimum atomic E-state index is -0.0626. The van der Waals surface area contributed by atoms with Crippen LogP contribution in [0.5, 0.6) is 0 Å². The molecule has 3 rings (SSSR count). The molecule has 0 aliphatic heterocycles. The summed E-state index contributed by atoms with van der Waals surface area (Å²) in [5, 5.41) is 9.86. The van der Waals surface area contributed by atoms with Crippen molar-refractivity contribution in [2.24, 2.45) is 23.2 Å². The maximum absolute atomic E-state index is 9.86. The molecule has 1 N–H and O–H groups in total. The van der Waals surface area contributed by atoms with Crippen LogP contribution >= 0.6 is 12.6 Å². The van der Waals surface area contributed by atoms with Gasteiger partial charge in [0.15, 0.2) is 0 Å². The highest BCUT2D eigenvalue weighted by atomic mass is 32.1. The van der Waals surface area contributed by atoms with Crippen molar-refractivity contribution >= 4 is 12.6 Å². The van der Waals surface area contributed by atoms with Gasteiger partial charge in [0.1, 0.15) is 0 Å². The molecule has 12 heavy (non-hydrogen) atoms. The Morgan fingerprint density at radius 1 is 1.58 bits per heavy atom. The Hall–Kier alpha value is 0.310. The van der Waals surface area contributed by atoms with Crippen molar-refractivity contribution in [2.75, 3.05) is 5.75 Å². The van der Waals surface area contributed by atoms with Gasteiger partial charge in [-0.1, -0.05) is 13.8 Å². The maximum Gasteiger partial charge on any atom is 0.0610 e. The first kappa shape index (κ1) is 8.89. The van der Waals surface area contributed by atoms with Crippen molar-refractivity contribution in [3.8, 4) is 0 Å². The van der Waals surface area contributed by atoms with Gasteiger partial charge < -0.3 is 5.11 Å². The lowest BCUT2D eigenvalue weighted by atomic mass is 9.57. The van der Waals surface area contributed by atoms with Crippen molar-refractivity contribution in [1.29, 1.82) is 0 Å². The molecule has 0 amide bonds. The van der Waals surface area contributed by atoms with Gasteiger partial charge in [0, 0.05) is 5.41 Å². The minimum Gasteiger partial charge on any atom is -0.392 e. The summed E-state index contributed by atoms with van der Waals surface area (Å²) in [5.41, 5.74) is 0.196. The summed E-state index contributed by atoms with van der Waals surface area (Å²) in [7, 11) is 0. The fraction of sp³-hybridized carbons (Fsp3) is 1.00. The van der Waals surface area contributed by atoms with Gasteiger partial charge in [-0.3, -0.25) is 0 Å². The first-order valence-electron chi connectivity index (χ1n) is 4.90. The normalized spacial score (nSPS) is 51.2. The average Bonchev–Trinajstić information content (AvgIpc) is 2.37. The van der Waals surface area contributed by atoms with E-state index in [0.29, 0.717) is 5.92 Å². The zero-order valence-electron chi connectivity index (χ0n) is 7.83. The van der Waals surface area contributed by atoms with Crippen LogP contribution in [-0.2, 0) is 0 Å². The topological polar surface area (TPSA) is 20.2 Å². The average molecular weight is 186 g/mol. The Balaban J connectivity index is 2.19. The molecular weight excluding hydrogens is 168 g/mol. The summed E-state index contributed by atoms with van der Waals surface area (Å²) in [6.07, 6.45) is 2.19. The van der Waals surface area contributed by atoms with E-state index in [1.807, 2.05) is 0 Å². The highest BCUT2D eigenvalue weighted by molar-refractivity contribution is 7.80. The zero-order chi connectivity index (χ0) is 8.93. The Kier molecular flexibility index (Phi) is 1.96. The number of hydrogen-bond donors (Lipinski definition) is 2. The van der Waals surface area contributed by atoms with Gasteiger partial charge in [-0.2, -0.15) is 12.6 Å². The number of rotatable bonds is 2. The number of hydrogen-bond acceptors (Lipinski definition) is 2. The molecule has 3 fully saturated rings. The van der Waals surface area contributed by atoms with E-state index < -0.39 is 0 Å². The van der Waals surface area contributed by atoms with Gasteiger partial charge in [0.25, 0.3) is 0 Å². The summed E-state index contributed by atoms with van der Waals surface area (Å²) in [5.74, 6) is 3.12. The van der Waals surface area contributed by atoms with Gasteiger partial charge >= 0.3 is 0 Å². The molecule has 1 nitrogen and oxygen atoms in total. The monoisotopic (exact) mass is 186 g/mol. The van der Waals surface area contributed by atoms with Crippen molar-refractivity contribution < 1.29 is 5.11 Å². The lowest BCUT2D eigenvalue weighted by Crippen LogP contribution is -2.48. The third kappa shape index (κ3) is 0.856. The van der Waals surface area contributed by atoms with E-state index in [-0.39, 0.29) is 11.5 Å². The molecule has 0 saturated heterocycles. The summed E-state index contributed by atoms with van der Waals surface area (Å²) in [6, 6.07) is 0. The summed E-state index contributed by atoms with van der Waals surface area (Å²) in [4.78, 5) is 0. The van der Waals surface area contributed by atoms with Crippen LogP contribution in [0.15, 0.2) is 0 Å². The standard InChI is InChI=1S/C10H18OS/c1-6(2)9-7-3-8(11)10(9,4-7)5-12/h6-9,11-12H,3-5H2,1-2H3. The quantitative estimate of drug-likeness (QED) is 0.632. The van der Waals surface area contributed by atoms with Gasteiger partial charge in [-0.25, -0.2) is 0 Å². The van der Waals surface area contributed by atoms with Gasteiger partial charge in [-0.05, 0) is 36.3 Å². The van der Waals surface area contributed by atoms with Gasteiger partial charge in [-0.15, -0.1) is 0 Å². The smallest absolute Gasteiger partial charge is 0.0610 e. The van der Waals surface area contributed by atoms with Crippen LogP contribution in [0.25, 0.3) is 0 Å². The van der Waals surface area contributed by atoms with Crippen LogP contribution in [0.2, 0.25) is 0 Å². The molecular formula is C10H18OS. The molecule has 4 unspecified atom stereocenters. The Bertz CT molecular complexity index is 192. The Morgan fingerprint density at radius 2 is 2.25 bits per heavy atom. The van der Waals surface area contributed by atoms with Crippen molar-refractivity contribution in [3.63, 3.8) is 0 Å². The third-order valence-corrected chi connectivity index (χ3v) is 4.60. The molecule has 0 heterocycles. The molecule has 0 aromatic carbocycles. The molecule has 0 aromatic heterocycles. The summed E-state index contributed by atoms with van der Waals surface area (Å²) >= 11 is 4.39. The van der Waals surface area contributed by atoms with E-state index in [1.165, 1.54) is 6.42 Å². The SMILES string of the molecule is CC(C)C1C2CC(O)C1(CS)C2. The number of aliphatic hydroxyl groups is 1. The highest BCUT2D eigenvalue weighted by Crippen LogP contribution is 2.65. The van der Waals surface area contributed by atoms with E-state index in [2.05, 4.69) is 26.5 Å². The second-order valence-corrected chi connectivity index (χ2v) is 5.19. The molecule has 0 aromatic rings. The molecule has 4 atom stereocenters. The van der Waals surface area contributed by atoms with Crippen LogP contribution < -0.4 is 0 Å². The predicted molar refractivity (Wildman–Crippen MR) is 53.3 cm³/mol. The first-order valence-corrected chi connectivity index (χ1v) is 5.54. The fourth-order valence-corrected chi connectivity index (χ4v) is 4.20. The van der Waals surface area contributed by atoms with Crippen molar-refractivity contribution in [3.05, 3.63) is 0 Å². The molecule has 0 spiro atoms. The number of aliphatic hydroxyl groups excluding tert-OH is 1. The molecule has 2 heteroatoms. The van der Waals surface area contributed by atoms with Crippen LogP contribution in [-0.4, -0.2) is 17.0 Å². The molecule has 3 saturated carbocycles. The molecule has 3 aliphatic rings. The third-order valence-electron chi connectivity index (χ3n) is 4.02. The summed E-state index contributed by atoms with van der Waals surface area (Å²) in [6.45, 7) is 4.54. The second kappa shape index (κ2) is 2.65. The van der Waals surface area contributed by atoms with E-state index in [4.69, 9.17) is 0 Å². The summed E-state index contributed by atoms with van der Waals surface area (Å²) < 4.78 is 0. The largest absolute Gasteiger partial charge is 0.392 e. The van der Waals surface area contributed by atoms with Crippen LogP contribution in [0.4, 0.5) is 0 Å². The minimum absolute atomic E-state index is 0.0626. The van der Waals surface area contributed by atoms with E-state index >= 15 is 0 Å². The lowest BCUT2D eigenvalue weighted by molar-refractivity contribution is -0.0389. The Morgan fingerprint density at radius 3 is 2.58 bits per heavy atom. The van der Waals surface area contributed by atoms with Crippen LogP contribution in [0.1, 0.15) is 26.7 Å². The van der Waals surface area contributed by atoms with E-state index in [0.717, 1.165) is 24.0 Å². The lowest BCUT2D eigenvalue weighted by Gasteiger charge is -2.50. The van der Waals surface area contributed by atoms with Crippen molar-refractivity contribution in [2.45, 2.75) is 32.8 Å². The van der Waals surface area contributed by atoms with Crippen molar-refractivity contribution in [1.82, 2.24) is 0 Å². The molecule has 3 aliphatic carbocycles. The predicted octanol–water partition coefficient (Wildman–Crippen LogP) is 1.96. The van der Waals surface area contributed by atoms with Gasteiger partial charge in [0.2, 0.25) is 0 Å². The van der Waals surface area contributed by atoms with Crippen LogP contribution in [0, 0.1) is 23.2 Å². The molecule has 0 radical (unpaired) electrons. The maximum atomic E-state index is 9.86. The van der Waals surface area contributed by atoms with Gasteiger partial charge in [0.05, 0.1) is 6.10 Å². The number of fused-ring (bicyclic) bond motifs is 1. The Labute approximate surface area is 80.0 Å². The second-order valence-electron chi connectivity index (χ2n) is 4.88.